The van der Waals surface area contributed by atoms with E-state index in [-0.39, 0.29) is 12.5 Å². The van der Waals surface area contributed by atoms with Gasteiger partial charge in [-0.3, -0.25) is 0 Å². The lowest BCUT2D eigenvalue weighted by molar-refractivity contribution is 0.0984. The van der Waals surface area contributed by atoms with Crippen molar-refractivity contribution >= 4 is 0 Å². The molecule has 3 nitrogen and oxygen atoms in total. The molecule has 0 aromatic carbocycles. The lowest BCUT2D eigenvalue weighted by Gasteiger charge is -2.27. The highest BCUT2D eigenvalue weighted by molar-refractivity contribution is 4.95. The number of rotatable bonds is 5. The lowest BCUT2D eigenvalue weighted by Crippen LogP contribution is -2.39. The van der Waals surface area contributed by atoms with E-state index in [0.717, 1.165) is 5.82 Å². The van der Waals surface area contributed by atoms with Crippen molar-refractivity contribution < 1.29 is 4.39 Å². The molecule has 0 aliphatic carbocycles. The van der Waals surface area contributed by atoms with Crippen molar-refractivity contribution in [1.29, 1.82) is 0 Å². The third-order valence-electron chi connectivity index (χ3n) is 3.06. The minimum Gasteiger partial charge on any atom is -0.338 e. The molecular formula is C11H20FN3. The van der Waals surface area contributed by atoms with E-state index in [9.17, 15) is 4.39 Å². The maximum absolute atomic E-state index is 14.2. The molecule has 0 saturated heterocycles. The molecule has 1 aromatic rings. The van der Waals surface area contributed by atoms with E-state index in [4.69, 9.17) is 5.73 Å². The third-order valence-corrected chi connectivity index (χ3v) is 3.06. The second-order valence-electron chi connectivity index (χ2n) is 4.35. The van der Waals surface area contributed by atoms with Crippen LogP contribution in [0.15, 0.2) is 12.4 Å². The number of nitrogens with two attached hydrogens (primary N) is 1. The van der Waals surface area contributed by atoms with Crippen LogP contribution in [0.5, 0.6) is 0 Å². The number of nitrogens with zero attached hydrogens (tertiary/aromatic N) is 2. The summed E-state index contributed by atoms with van der Waals surface area (Å²) in [6, 6.07) is 0. The summed E-state index contributed by atoms with van der Waals surface area (Å²) in [5.74, 6) is 0.855. The van der Waals surface area contributed by atoms with Gasteiger partial charge in [-0.15, -0.1) is 0 Å². The zero-order chi connectivity index (χ0) is 11.5. The average molecular weight is 213 g/mol. The van der Waals surface area contributed by atoms with Crippen LogP contribution in [0.25, 0.3) is 0 Å². The monoisotopic (exact) mass is 213 g/mol. The van der Waals surface area contributed by atoms with Crippen molar-refractivity contribution in [3.05, 3.63) is 18.2 Å². The summed E-state index contributed by atoms with van der Waals surface area (Å²) in [6.45, 7) is 3.81. The standard InChI is InChI=1S/C11H20FN3/c1-9(2)11(12,8-13)5-4-10-14-6-7-15(10)3/h6-7,9H,4-5,8,13H2,1-3H3. The Bertz CT molecular complexity index is 309. The van der Waals surface area contributed by atoms with Gasteiger partial charge in [-0.2, -0.15) is 0 Å². The molecule has 1 atom stereocenters. The van der Waals surface area contributed by atoms with E-state index in [1.807, 2.05) is 31.7 Å². The van der Waals surface area contributed by atoms with Crippen LogP contribution in [0.2, 0.25) is 0 Å². The second kappa shape index (κ2) is 4.75. The Labute approximate surface area is 90.5 Å². The van der Waals surface area contributed by atoms with Gasteiger partial charge in [0.05, 0.1) is 0 Å². The molecule has 1 heterocycles. The number of hydrogen-bond donors (Lipinski definition) is 1. The second-order valence-corrected chi connectivity index (χ2v) is 4.35. The van der Waals surface area contributed by atoms with Crippen LogP contribution >= 0.6 is 0 Å². The van der Waals surface area contributed by atoms with Gasteiger partial charge < -0.3 is 10.3 Å². The van der Waals surface area contributed by atoms with Crippen LogP contribution < -0.4 is 5.73 Å². The maximum Gasteiger partial charge on any atom is 0.125 e. The van der Waals surface area contributed by atoms with Gasteiger partial charge in [0.15, 0.2) is 0 Å². The van der Waals surface area contributed by atoms with E-state index in [1.54, 1.807) is 6.20 Å². The smallest absolute Gasteiger partial charge is 0.125 e. The summed E-state index contributed by atoms with van der Waals surface area (Å²) >= 11 is 0. The quantitative estimate of drug-likeness (QED) is 0.808. The summed E-state index contributed by atoms with van der Waals surface area (Å²) in [4.78, 5) is 4.17. The number of alkyl halides is 1. The predicted molar refractivity (Wildman–Crippen MR) is 59.3 cm³/mol. The molecule has 0 fully saturated rings. The van der Waals surface area contributed by atoms with Crippen molar-refractivity contribution in [1.82, 2.24) is 9.55 Å². The van der Waals surface area contributed by atoms with Crippen molar-refractivity contribution in [2.45, 2.75) is 32.4 Å². The molecule has 0 spiro atoms. The Kier molecular flexibility index (Phi) is 3.85. The predicted octanol–water partition coefficient (Wildman–Crippen LogP) is 1.68. The number of hydrogen-bond acceptors (Lipinski definition) is 2. The van der Waals surface area contributed by atoms with E-state index < -0.39 is 5.67 Å². The van der Waals surface area contributed by atoms with Gasteiger partial charge in [0.1, 0.15) is 11.5 Å². The van der Waals surface area contributed by atoms with Crippen LogP contribution in [0, 0.1) is 5.92 Å². The Morgan fingerprint density at radius 3 is 2.67 bits per heavy atom. The first kappa shape index (κ1) is 12.2. The normalized spacial score (nSPS) is 15.6. The maximum atomic E-state index is 14.2. The molecule has 86 valence electrons. The van der Waals surface area contributed by atoms with Gasteiger partial charge in [0.2, 0.25) is 0 Å². The molecule has 1 aromatic heterocycles. The minimum atomic E-state index is -1.27. The highest BCUT2D eigenvalue weighted by Gasteiger charge is 2.31. The first-order valence-electron chi connectivity index (χ1n) is 5.35. The van der Waals surface area contributed by atoms with Gasteiger partial charge >= 0.3 is 0 Å². The highest BCUT2D eigenvalue weighted by atomic mass is 19.1. The van der Waals surface area contributed by atoms with Gasteiger partial charge in [-0.25, -0.2) is 9.37 Å². The van der Waals surface area contributed by atoms with Gasteiger partial charge in [-0.1, -0.05) is 13.8 Å². The Morgan fingerprint density at radius 1 is 1.60 bits per heavy atom. The molecule has 4 heteroatoms. The van der Waals surface area contributed by atoms with Crippen LogP contribution in [0.4, 0.5) is 4.39 Å². The van der Waals surface area contributed by atoms with E-state index in [1.165, 1.54) is 0 Å². The molecule has 0 bridgehead atoms. The number of halogens is 1. The molecule has 0 saturated carbocycles. The Morgan fingerprint density at radius 2 is 2.27 bits per heavy atom. The fraction of sp³-hybridized carbons (Fsp3) is 0.727. The molecule has 0 aliphatic rings. The van der Waals surface area contributed by atoms with Crippen LogP contribution in [0.1, 0.15) is 26.1 Å². The van der Waals surface area contributed by atoms with E-state index in [2.05, 4.69) is 4.98 Å². The molecule has 0 aliphatic heterocycles. The number of imidazole rings is 1. The number of aromatic nitrogens is 2. The topological polar surface area (TPSA) is 43.8 Å². The van der Waals surface area contributed by atoms with Crippen molar-refractivity contribution in [2.75, 3.05) is 6.54 Å². The zero-order valence-corrected chi connectivity index (χ0v) is 9.70. The average Bonchev–Trinajstić information content (AvgIpc) is 2.60. The fourth-order valence-electron chi connectivity index (χ4n) is 1.58. The molecular weight excluding hydrogens is 193 g/mol. The van der Waals surface area contributed by atoms with E-state index in [0.29, 0.717) is 12.8 Å². The van der Waals surface area contributed by atoms with Crippen molar-refractivity contribution in [3.63, 3.8) is 0 Å². The third kappa shape index (κ3) is 2.78. The zero-order valence-electron chi connectivity index (χ0n) is 9.70. The fourth-order valence-corrected chi connectivity index (χ4v) is 1.58. The van der Waals surface area contributed by atoms with Crippen LogP contribution in [-0.2, 0) is 13.5 Å². The number of aryl methyl sites for hydroxylation is 2. The molecule has 15 heavy (non-hydrogen) atoms. The Hall–Kier alpha value is -0.900. The summed E-state index contributed by atoms with van der Waals surface area (Å²) in [5.41, 5.74) is 4.21. The SMILES string of the molecule is CC(C)C(F)(CN)CCc1nccn1C. The molecule has 0 amide bonds. The first-order chi connectivity index (χ1) is 6.99. The van der Waals surface area contributed by atoms with E-state index >= 15 is 0 Å². The Balaban J connectivity index is 2.59. The molecule has 1 unspecified atom stereocenters. The van der Waals surface area contributed by atoms with Crippen LogP contribution in [0.3, 0.4) is 0 Å². The van der Waals surface area contributed by atoms with Crippen molar-refractivity contribution in [3.8, 4) is 0 Å². The molecule has 0 radical (unpaired) electrons. The van der Waals surface area contributed by atoms with Crippen molar-refractivity contribution in [2.24, 2.45) is 18.7 Å². The summed E-state index contributed by atoms with van der Waals surface area (Å²) in [7, 11) is 1.92. The first-order valence-corrected chi connectivity index (χ1v) is 5.35. The summed E-state index contributed by atoms with van der Waals surface area (Å²) < 4.78 is 16.1. The van der Waals surface area contributed by atoms with Crippen LogP contribution in [-0.4, -0.2) is 21.8 Å². The molecule has 2 N–H and O–H groups in total. The minimum absolute atomic E-state index is 0.0530. The van der Waals surface area contributed by atoms with Gasteiger partial charge in [0, 0.05) is 32.4 Å². The summed E-state index contributed by atoms with van der Waals surface area (Å²) in [5, 5.41) is 0. The molecule has 1 rings (SSSR count). The largest absolute Gasteiger partial charge is 0.338 e. The van der Waals surface area contributed by atoms with Gasteiger partial charge in [-0.05, 0) is 12.3 Å². The lowest BCUT2D eigenvalue weighted by atomic mass is 9.88. The van der Waals surface area contributed by atoms with Gasteiger partial charge in [0.25, 0.3) is 0 Å². The summed E-state index contributed by atoms with van der Waals surface area (Å²) in [6.07, 6.45) is 4.67. The highest BCUT2D eigenvalue weighted by Crippen LogP contribution is 2.26.